The number of aryl methyl sites for hydroxylation is 1. The molecular weight excluding hydrogens is 453 g/mol. The van der Waals surface area contributed by atoms with Gasteiger partial charge in [-0.3, -0.25) is 14.9 Å². The number of carbonyl (C=O) groups is 2. The SMILES string of the molecule is Cc1nc(NC(=O)c2cccc(COc3ccccc3C(N)=O)c2)sc1Cc1ccccc1F. The van der Waals surface area contributed by atoms with Gasteiger partial charge in [0.2, 0.25) is 0 Å². The summed E-state index contributed by atoms with van der Waals surface area (Å²) in [6, 6.07) is 20.3. The number of nitrogens with one attached hydrogen (secondary N) is 1. The van der Waals surface area contributed by atoms with Crippen molar-refractivity contribution in [2.45, 2.75) is 20.0 Å². The van der Waals surface area contributed by atoms with Gasteiger partial charge < -0.3 is 10.5 Å². The second-order valence-corrected chi connectivity index (χ2v) is 8.68. The fourth-order valence-corrected chi connectivity index (χ4v) is 4.37. The Hall–Kier alpha value is -4.04. The zero-order valence-electron chi connectivity index (χ0n) is 18.4. The summed E-state index contributed by atoms with van der Waals surface area (Å²) in [6.07, 6.45) is 0.408. The smallest absolute Gasteiger partial charge is 0.257 e. The maximum Gasteiger partial charge on any atom is 0.257 e. The zero-order valence-corrected chi connectivity index (χ0v) is 19.2. The molecule has 0 bridgehead atoms. The normalized spacial score (nSPS) is 10.6. The van der Waals surface area contributed by atoms with Crippen molar-refractivity contribution in [1.82, 2.24) is 4.98 Å². The molecule has 0 atom stereocenters. The lowest BCUT2D eigenvalue weighted by Crippen LogP contribution is -2.13. The van der Waals surface area contributed by atoms with Gasteiger partial charge in [0.1, 0.15) is 18.2 Å². The molecule has 0 saturated heterocycles. The second-order valence-electron chi connectivity index (χ2n) is 7.60. The highest BCUT2D eigenvalue weighted by atomic mass is 32.1. The molecule has 0 aliphatic rings. The summed E-state index contributed by atoms with van der Waals surface area (Å²) >= 11 is 1.32. The van der Waals surface area contributed by atoms with E-state index in [4.69, 9.17) is 10.5 Å². The van der Waals surface area contributed by atoms with Gasteiger partial charge in [-0.05, 0) is 48.4 Å². The van der Waals surface area contributed by atoms with E-state index in [9.17, 15) is 14.0 Å². The van der Waals surface area contributed by atoms with Crippen LogP contribution in [0.1, 0.15) is 42.4 Å². The average molecular weight is 476 g/mol. The Morgan fingerprint density at radius 3 is 2.62 bits per heavy atom. The number of halogens is 1. The molecule has 0 fully saturated rings. The minimum Gasteiger partial charge on any atom is -0.488 e. The van der Waals surface area contributed by atoms with Crippen molar-refractivity contribution in [2.75, 3.05) is 5.32 Å². The highest BCUT2D eigenvalue weighted by Gasteiger charge is 2.14. The molecule has 3 N–H and O–H groups in total. The number of carbonyl (C=O) groups excluding carboxylic acids is 2. The molecule has 3 aromatic carbocycles. The summed E-state index contributed by atoms with van der Waals surface area (Å²) in [5.74, 6) is -0.772. The van der Waals surface area contributed by atoms with Gasteiger partial charge in [0.05, 0.1) is 11.3 Å². The number of nitrogens with two attached hydrogens (primary N) is 1. The molecule has 0 aliphatic carbocycles. The lowest BCUT2D eigenvalue weighted by Gasteiger charge is -2.10. The van der Waals surface area contributed by atoms with Gasteiger partial charge in [0, 0.05) is 16.9 Å². The summed E-state index contributed by atoms with van der Waals surface area (Å²) in [5.41, 5.74) is 8.20. The molecule has 0 radical (unpaired) electrons. The van der Waals surface area contributed by atoms with Crippen LogP contribution in [-0.4, -0.2) is 16.8 Å². The number of benzene rings is 3. The highest BCUT2D eigenvalue weighted by molar-refractivity contribution is 7.15. The molecule has 8 heteroatoms. The molecular formula is C26H22FN3O3S. The third-order valence-corrected chi connectivity index (χ3v) is 6.23. The molecule has 0 aliphatic heterocycles. The van der Waals surface area contributed by atoms with Crippen molar-refractivity contribution in [2.24, 2.45) is 5.73 Å². The van der Waals surface area contributed by atoms with E-state index in [0.29, 0.717) is 34.0 Å². The maximum absolute atomic E-state index is 14.0. The Kier molecular flexibility index (Phi) is 6.98. The number of anilines is 1. The van der Waals surface area contributed by atoms with E-state index < -0.39 is 5.91 Å². The summed E-state index contributed by atoms with van der Waals surface area (Å²) in [6.45, 7) is 2.00. The fraction of sp³-hybridized carbons (Fsp3) is 0.115. The van der Waals surface area contributed by atoms with Crippen LogP contribution in [0.3, 0.4) is 0 Å². The summed E-state index contributed by atoms with van der Waals surface area (Å²) in [5, 5.41) is 3.27. The topological polar surface area (TPSA) is 94.3 Å². The van der Waals surface area contributed by atoms with Crippen molar-refractivity contribution in [3.63, 3.8) is 0 Å². The maximum atomic E-state index is 14.0. The highest BCUT2D eigenvalue weighted by Crippen LogP contribution is 2.26. The molecule has 1 aromatic heterocycles. The van der Waals surface area contributed by atoms with Crippen molar-refractivity contribution >= 4 is 28.3 Å². The predicted molar refractivity (Wildman–Crippen MR) is 130 cm³/mol. The first-order valence-corrected chi connectivity index (χ1v) is 11.3. The van der Waals surface area contributed by atoms with Crippen LogP contribution in [0.2, 0.25) is 0 Å². The van der Waals surface area contributed by atoms with E-state index in [1.54, 1.807) is 60.7 Å². The second kappa shape index (κ2) is 10.3. The van der Waals surface area contributed by atoms with E-state index in [-0.39, 0.29) is 18.3 Å². The van der Waals surface area contributed by atoms with Gasteiger partial charge >= 0.3 is 0 Å². The van der Waals surface area contributed by atoms with Crippen LogP contribution in [0.25, 0.3) is 0 Å². The van der Waals surface area contributed by atoms with Crippen LogP contribution < -0.4 is 15.8 Å². The number of aromatic nitrogens is 1. The number of amides is 2. The lowest BCUT2D eigenvalue weighted by atomic mass is 10.1. The zero-order chi connectivity index (χ0) is 24.1. The number of nitrogens with zero attached hydrogens (tertiary/aromatic N) is 1. The van der Waals surface area contributed by atoms with E-state index in [1.807, 2.05) is 13.0 Å². The van der Waals surface area contributed by atoms with E-state index in [1.165, 1.54) is 17.4 Å². The Morgan fingerprint density at radius 1 is 1.06 bits per heavy atom. The quantitative estimate of drug-likeness (QED) is 0.370. The first-order chi connectivity index (χ1) is 16.4. The molecule has 1 heterocycles. The minimum atomic E-state index is -0.572. The molecule has 4 rings (SSSR count). The van der Waals surface area contributed by atoms with Gasteiger partial charge in [0.15, 0.2) is 5.13 Å². The molecule has 172 valence electrons. The van der Waals surface area contributed by atoms with E-state index in [0.717, 1.165) is 16.1 Å². The summed E-state index contributed by atoms with van der Waals surface area (Å²) in [4.78, 5) is 29.7. The number of para-hydroxylation sites is 1. The summed E-state index contributed by atoms with van der Waals surface area (Å²) in [7, 11) is 0. The van der Waals surface area contributed by atoms with Crippen LogP contribution in [-0.2, 0) is 13.0 Å². The Bertz CT molecular complexity index is 1350. The van der Waals surface area contributed by atoms with E-state index >= 15 is 0 Å². The Balaban J connectivity index is 1.43. The molecule has 2 amide bonds. The molecule has 6 nitrogen and oxygen atoms in total. The number of thiazole rings is 1. The standard InChI is InChI=1S/C26H22FN3O3S/c1-16-23(14-18-8-2-4-11-21(18)27)34-26(29-16)30-25(32)19-9-6-7-17(13-19)15-33-22-12-5-3-10-20(22)24(28)31/h2-13H,14-15H2,1H3,(H2,28,31)(H,29,30,32). The van der Waals surface area contributed by atoms with Crippen molar-refractivity contribution < 1.29 is 18.7 Å². The first-order valence-electron chi connectivity index (χ1n) is 10.5. The number of hydrogen-bond acceptors (Lipinski definition) is 5. The Morgan fingerprint density at radius 2 is 1.82 bits per heavy atom. The molecule has 0 unspecified atom stereocenters. The van der Waals surface area contributed by atoms with Gasteiger partial charge in [-0.15, -0.1) is 11.3 Å². The van der Waals surface area contributed by atoms with Gasteiger partial charge in [-0.25, -0.2) is 9.37 Å². The van der Waals surface area contributed by atoms with Crippen LogP contribution in [0.4, 0.5) is 9.52 Å². The van der Waals surface area contributed by atoms with Gasteiger partial charge in [0.25, 0.3) is 11.8 Å². The van der Waals surface area contributed by atoms with Crippen molar-refractivity contribution in [3.8, 4) is 5.75 Å². The third kappa shape index (κ3) is 5.47. The van der Waals surface area contributed by atoms with E-state index in [2.05, 4.69) is 10.3 Å². The van der Waals surface area contributed by atoms with Crippen LogP contribution >= 0.6 is 11.3 Å². The van der Waals surface area contributed by atoms with Crippen molar-refractivity contribution in [1.29, 1.82) is 0 Å². The lowest BCUT2D eigenvalue weighted by molar-refractivity contribution is 0.0994. The monoisotopic (exact) mass is 475 g/mol. The van der Waals surface area contributed by atoms with Crippen LogP contribution in [0, 0.1) is 12.7 Å². The first kappa shape index (κ1) is 23.1. The molecule has 0 spiro atoms. The van der Waals surface area contributed by atoms with Crippen LogP contribution in [0.5, 0.6) is 5.75 Å². The summed E-state index contributed by atoms with van der Waals surface area (Å²) < 4.78 is 19.7. The van der Waals surface area contributed by atoms with Crippen molar-refractivity contribution in [3.05, 3.63) is 111 Å². The predicted octanol–water partition coefficient (Wildman–Crippen LogP) is 5.11. The largest absolute Gasteiger partial charge is 0.488 e. The third-order valence-electron chi connectivity index (χ3n) is 5.16. The molecule has 0 saturated carbocycles. The van der Waals surface area contributed by atoms with Gasteiger partial charge in [-0.2, -0.15) is 0 Å². The fourth-order valence-electron chi connectivity index (χ4n) is 3.39. The van der Waals surface area contributed by atoms with Gasteiger partial charge in [-0.1, -0.05) is 42.5 Å². The number of ether oxygens (including phenoxy) is 1. The van der Waals surface area contributed by atoms with Crippen LogP contribution in [0.15, 0.2) is 72.8 Å². The number of primary amides is 1. The number of hydrogen-bond donors (Lipinski definition) is 2. The minimum absolute atomic E-state index is 0.161. The molecule has 4 aromatic rings. The Labute approximate surface area is 200 Å². The molecule has 34 heavy (non-hydrogen) atoms. The average Bonchev–Trinajstić information content (AvgIpc) is 3.17. The number of rotatable bonds is 8.